The topological polar surface area (TPSA) is 107 Å². The van der Waals surface area contributed by atoms with Gasteiger partial charge < -0.3 is 25.3 Å². The van der Waals surface area contributed by atoms with Crippen LogP contribution >= 0.6 is 0 Å². The van der Waals surface area contributed by atoms with E-state index in [4.69, 9.17) is 19.9 Å². The van der Waals surface area contributed by atoms with Crippen molar-refractivity contribution >= 4 is 5.69 Å². The Hall–Kier alpha value is -3.26. The second kappa shape index (κ2) is 8.41. The molecule has 0 aliphatic carbocycles. The monoisotopic (exact) mass is 369 g/mol. The van der Waals surface area contributed by atoms with E-state index in [0.717, 1.165) is 17.0 Å². The smallest absolute Gasteiger partial charge is 0.171 e. The molecule has 0 saturated heterocycles. The first-order chi connectivity index (χ1) is 13.1. The third-order valence-electron chi connectivity index (χ3n) is 4.12. The maximum absolute atomic E-state index is 6.31. The van der Waals surface area contributed by atoms with Gasteiger partial charge in [-0.3, -0.25) is 5.10 Å². The molecule has 3 aromatic rings. The number of rotatable bonds is 8. The Kier molecular flexibility index (Phi) is 5.77. The molecule has 1 aromatic heterocycles. The number of H-pyrrole nitrogens is 1. The zero-order chi connectivity index (χ0) is 19.2. The Bertz CT molecular complexity index is 897. The molecule has 142 valence electrons. The van der Waals surface area contributed by atoms with Crippen molar-refractivity contribution in [3.05, 3.63) is 59.7 Å². The standard InChI is InChI=1S/C19H23N5O3/c1-25-14-6-4-5-13(10-14)21-11-17-22-19(24-23-17)18(20)12-7-8-15(26-2)16(9-12)27-3/h4-10,18,21H,11,20H2,1-3H3,(H,22,23,24)/t18-/m0/s1. The second-order valence-corrected chi connectivity index (χ2v) is 5.82. The molecule has 0 aliphatic heterocycles. The van der Waals surface area contributed by atoms with Gasteiger partial charge in [-0.2, -0.15) is 5.10 Å². The van der Waals surface area contributed by atoms with Crippen molar-refractivity contribution in [3.63, 3.8) is 0 Å². The van der Waals surface area contributed by atoms with Gasteiger partial charge in [-0.15, -0.1) is 0 Å². The molecule has 0 spiro atoms. The molecule has 27 heavy (non-hydrogen) atoms. The molecule has 0 fully saturated rings. The van der Waals surface area contributed by atoms with E-state index in [9.17, 15) is 0 Å². The molecule has 0 amide bonds. The summed E-state index contributed by atoms with van der Waals surface area (Å²) in [6.45, 7) is 0.485. The molecule has 0 unspecified atom stereocenters. The average molecular weight is 369 g/mol. The van der Waals surface area contributed by atoms with Crippen LogP contribution in [0.15, 0.2) is 42.5 Å². The molecule has 0 radical (unpaired) electrons. The Morgan fingerprint density at radius 3 is 2.59 bits per heavy atom. The molecule has 1 heterocycles. The Morgan fingerprint density at radius 1 is 1.04 bits per heavy atom. The highest BCUT2D eigenvalue weighted by atomic mass is 16.5. The maximum atomic E-state index is 6.31. The van der Waals surface area contributed by atoms with Crippen LogP contribution in [-0.2, 0) is 6.54 Å². The minimum absolute atomic E-state index is 0.480. The fourth-order valence-electron chi connectivity index (χ4n) is 2.64. The van der Waals surface area contributed by atoms with E-state index in [1.54, 1.807) is 21.3 Å². The molecule has 8 nitrogen and oxygen atoms in total. The summed E-state index contributed by atoms with van der Waals surface area (Å²) in [6, 6.07) is 12.7. The summed E-state index contributed by atoms with van der Waals surface area (Å²) in [4.78, 5) is 4.48. The van der Waals surface area contributed by atoms with Crippen LogP contribution in [0.5, 0.6) is 17.2 Å². The minimum atomic E-state index is -0.480. The largest absolute Gasteiger partial charge is 0.497 e. The number of aromatic amines is 1. The third-order valence-corrected chi connectivity index (χ3v) is 4.12. The molecule has 8 heteroatoms. The molecule has 0 aliphatic rings. The van der Waals surface area contributed by atoms with Crippen molar-refractivity contribution < 1.29 is 14.2 Å². The van der Waals surface area contributed by atoms with Crippen molar-refractivity contribution in [2.24, 2.45) is 5.73 Å². The lowest BCUT2D eigenvalue weighted by Crippen LogP contribution is -2.14. The van der Waals surface area contributed by atoms with Crippen LogP contribution in [0.3, 0.4) is 0 Å². The zero-order valence-corrected chi connectivity index (χ0v) is 15.5. The minimum Gasteiger partial charge on any atom is -0.497 e. The number of aromatic nitrogens is 3. The molecule has 1 atom stereocenters. The van der Waals surface area contributed by atoms with Gasteiger partial charge in [-0.25, -0.2) is 4.98 Å². The van der Waals surface area contributed by atoms with E-state index < -0.39 is 6.04 Å². The number of hydrogen-bond acceptors (Lipinski definition) is 7. The quantitative estimate of drug-likeness (QED) is 0.560. The van der Waals surface area contributed by atoms with E-state index in [1.807, 2.05) is 42.5 Å². The number of hydrogen-bond donors (Lipinski definition) is 3. The summed E-state index contributed by atoms with van der Waals surface area (Å²) >= 11 is 0. The second-order valence-electron chi connectivity index (χ2n) is 5.82. The van der Waals surface area contributed by atoms with Gasteiger partial charge >= 0.3 is 0 Å². The lowest BCUT2D eigenvalue weighted by Gasteiger charge is -2.12. The van der Waals surface area contributed by atoms with Gasteiger partial charge in [0.05, 0.1) is 33.9 Å². The average Bonchev–Trinajstić information content (AvgIpc) is 3.20. The normalized spacial score (nSPS) is 11.7. The van der Waals surface area contributed by atoms with Gasteiger partial charge in [0.2, 0.25) is 0 Å². The predicted octanol–water partition coefficient (Wildman–Crippen LogP) is 2.49. The number of nitrogens with one attached hydrogen (secondary N) is 2. The number of nitrogens with zero attached hydrogens (tertiary/aromatic N) is 2. The Labute approximate surface area is 157 Å². The Balaban J connectivity index is 1.69. The molecule has 0 saturated carbocycles. The highest BCUT2D eigenvalue weighted by molar-refractivity contribution is 5.48. The number of anilines is 1. The van der Waals surface area contributed by atoms with Crippen LogP contribution in [-0.4, -0.2) is 36.5 Å². The molecule has 4 N–H and O–H groups in total. The van der Waals surface area contributed by atoms with E-state index >= 15 is 0 Å². The third kappa shape index (κ3) is 4.29. The van der Waals surface area contributed by atoms with E-state index in [0.29, 0.717) is 29.7 Å². The number of methoxy groups -OCH3 is 3. The summed E-state index contributed by atoms with van der Waals surface area (Å²) in [7, 11) is 4.81. The molecule has 0 bridgehead atoms. The van der Waals surface area contributed by atoms with Gasteiger partial charge in [0.1, 0.15) is 11.6 Å². The van der Waals surface area contributed by atoms with E-state index in [1.165, 1.54) is 0 Å². The van der Waals surface area contributed by atoms with Gasteiger partial charge in [0, 0.05) is 11.8 Å². The fourth-order valence-corrected chi connectivity index (χ4v) is 2.64. The van der Waals surface area contributed by atoms with Crippen LogP contribution in [0.4, 0.5) is 5.69 Å². The SMILES string of the molecule is COc1cccc(NCc2nc([C@@H](N)c3ccc(OC)c(OC)c3)n[nH]2)c1. The van der Waals surface area contributed by atoms with Crippen molar-refractivity contribution in [1.82, 2.24) is 15.2 Å². The number of nitrogens with two attached hydrogens (primary N) is 1. The summed E-state index contributed by atoms with van der Waals surface area (Å²) in [5.74, 6) is 3.23. The molecular weight excluding hydrogens is 346 g/mol. The first-order valence-corrected chi connectivity index (χ1v) is 8.41. The molecule has 3 rings (SSSR count). The van der Waals surface area contributed by atoms with E-state index in [-0.39, 0.29) is 0 Å². The first kappa shape index (κ1) is 18.5. The number of benzene rings is 2. The highest BCUT2D eigenvalue weighted by Gasteiger charge is 2.17. The van der Waals surface area contributed by atoms with Crippen LogP contribution in [0, 0.1) is 0 Å². The lowest BCUT2D eigenvalue weighted by atomic mass is 10.1. The van der Waals surface area contributed by atoms with Gasteiger partial charge in [0.25, 0.3) is 0 Å². The first-order valence-electron chi connectivity index (χ1n) is 8.41. The van der Waals surface area contributed by atoms with Crippen LogP contribution in [0.25, 0.3) is 0 Å². The van der Waals surface area contributed by atoms with Crippen molar-refractivity contribution in [2.75, 3.05) is 26.6 Å². The lowest BCUT2D eigenvalue weighted by molar-refractivity contribution is 0.354. The molecule has 2 aromatic carbocycles. The van der Waals surface area contributed by atoms with Crippen LogP contribution < -0.4 is 25.3 Å². The number of ether oxygens (including phenoxy) is 3. The van der Waals surface area contributed by atoms with Crippen molar-refractivity contribution in [2.45, 2.75) is 12.6 Å². The highest BCUT2D eigenvalue weighted by Crippen LogP contribution is 2.30. The van der Waals surface area contributed by atoms with Gasteiger partial charge in [-0.1, -0.05) is 12.1 Å². The summed E-state index contributed by atoms with van der Waals surface area (Å²) < 4.78 is 15.8. The summed E-state index contributed by atoms with van der Waals surface area (Å²) in [5, 5.41) is 10.4. The predicted molar refractivity (Wildman–Crippen MR) is 102 cm³/mol. The van der Waals surface area contributed by atoms with Crippen molar-refractivity contribution in [1.29, 1.82) is 0 Å². The van der Waals surface area contributed by atoms with Crippen LogP contribution in [0.2, 0.25) is 0 Å². The maximum Gasteiger partial charge on any atom is 0.171 e. The molecular formula is C19H23N5O3. The van der Waals surface area contributed by atoms with Crippen LogP contribution in [0.1, 0.15) is 23.3 Å². The van der Waals surface area contributed by atoms with Gasteiger partial charge in [-0.05, 0) is 29.8 Å². The fraction of sp³-hybridized carbons (Fsp3) is 0.263. The van der Waals surface area contributed by atoms with Gasteiger partial charge in [0.15, 0.2) is 17.3 Å². The van der Waals surface area contributed by atoms with E-state index in [2.05, 4.69) is 20.5 Å². The Morgan fingerprint density at radius 2 is 1.85 bits per heavy atom. The summed E-state index contributed by atoms with van der Waals surface area (Å²) in [6.07, 6.45) is 0. The zero-order valence-electron chi connectivity index (χ0n) is 15.5. The summed E-state index contributed by atoms with van der Waals surface area (Å²) in [5.41, 5.74) is 8.07. The van der Waals surface area contributed by atoms with Crippen molar-refractivity contribution in [3.8, 4) is 17.2 Å².